The number of nitrogens with zero attached hydrogens (tertiary/aromatic N) is 1. The smallest absolute Gasteiger partial charge is 0.248 e. The van der Waals surface area contributed by atoms with E-state index in [1.807, 2.05) is 23.1 Å². The number of aryl methyl sites for hydroxylation is 1. The molecule has 4 rings (SSSR count). The minimum absolute atomic E-state index is 0.000408. The van der Waals surface area contributed by atoms with Crippen LogP contribution in [0.1, 0.15) is 44.1 Å². The van der Waals surface area contributed by atoms with Crippen molar-refractivity contribution in [2.24, 2.45) is 5.92 Å². The summed E-state index contributed by atoms with van der Waals surface area (Å²) in [5.74, 6) is 0.220. The first-order valence-electron chi connectivity index (χ1n) is 9.88. The van der Waals surface area contributed by atoms with E-state index in [0.29, 0.717) is 12.5 Å². The molecule has 0 bridgehead atoms. The van der Waals surface area contributed by atoms with Gasteiger partial charge in [-0.1, -0.05) is 43.2 Å². The summed E-state index contributed by atoms with van der Waals surface area (Å²) in [6.45, 7) is 0.620. The van der Waals surface area contributed by atoms with Gasteiger partial charge in [-0.05, 0) is 50.1 Å². The van der Waals surface area contributed by atoms with Crippen molar-refractivity contribution in [3.8, 4) is 0 Å². The summed E-state index contributed by atoms with van der Waals surface area (Å²) >= 11 is 0. The number of nitrogens with one attached hydrogen (secondary N) is 1. The molecule has 0 spiro atoms. The molecule has 0 radical (unpaired) electrons. The average Bonchev–Trinajstić information content (AvgIpc) is 3.06. The SMILES string of the molecule is O=C1[C@@H](NCCCc2ccccc2)C(O)=C(O)[C@@H]2C[C@H]3CCCC[C@@H]3N12. The Balaban J connectivity index is 1.41. The van der Waals surface area contributed by atoms with E-state index in [1.54, 1.807) is 0 Å². The van der Waals surface area contributed by atoms with Crippen LogP contribution in [-0.2, 0) is 11.2 Å². The molecule has 1 saturated carbocycles. The van der Waals surface area contributed by atoms with Gasteiger partial charge < -0.3 is 15.1 Å². The molecule has 26 heavy (non-hydrogen) atoms. The maximum atomic E-state index is 13.0. The van der Waals surface area contributed by atoms with E-state index < -0.39 is 6.04 Å². The highest BCUT2D eigenvalue weighted by molar-refractivity contribution is 5.87. The summed E-state index contributed by atoms with van der Waals surface area (Å²) in [4.78, 5) is 14.9. The van der Waals surface area contributed by atoms with E-state index in [-0.39, 0.29) is 29.5 Å². The van der Waals surface area contributed by atoms with Gasteiger partial charge in [0.05, 0.1) is 6.04 Å². The number of amides is 1. The van der Waals surface area contributed by atoms with Gasteiger partial charge in [0.2, 0.25) is 5.91 Å². The monoisotopic (exact) mass is 356 g/mol. The van der Waals surface area contributed by atoms with Crippen molar-refractivity contribution in [2.45, 2.75) is 63.1 Å². The molecule has 1 amide bonds. The van der Waals surface area contributed by atoms with Crippen LogP contribution in [0.3, 0.4) is 0 Å². The molecule has 2 heterocycles. The zero-order valence-electron chi connectivity index (χ0n) is 15.1. The van der Waals surface area contributed by atoms with Gasteiger partial charge in [-0.25, -0.2) is 0 Å². The highest BCUT2D eigenvalue weighted by atomic mass is 16.3. The van der Waals surface area contributed by atoms with Crippen LogP contribution in [0, 0.1) is 5.92 Å². The summed E-state index contributed by atoms with van der Waals surface area (Å²) < 4.78 is 0. The molecule has 1 aromatic carbocycles. The van der Waals surface area contributed by atoms with E-state index in [0.717, 1.165) is 38.5 Å². The first kappa shape index (κ1) is 17.4. The number of rotatable bonds is 5. The molecule has 1 saturated heterocycles. The van der Waals surface area contributed by atoms with Crippen LogP contribution in [0.5, 0.6) is 0 Å². The van der Waals surface area contributed by atoms with Gasteiger partial charge in [-0.2, -0.15) is 0 Å². The summed E-state index contributed by atoms with van der Waals surface area (Å²) in [7, 11) is 0. The summed E-state index contributed by atoms with van der Waals surface area (Å²) in [6.07, 6.45) is 7.05. The molecule has 3 aliphatic rings. The van der Waals surface area contributed by atoms with Crippen molar-refractivity contribution >= 4 is 5.91 Å². The molecule has 0 aromatic heterocycles. The van der Waals surface area contributed by atoms with Crippen LogP contribution >= 0.6 is 0 Å². The third-order valence-corrected chi connectivity index (χ3v) is 6.27. The minimum atomic E-state index is -0.803. The number of carbonyl (C=O) groups is 1. The zero-order chi connectivity index (χ0) is 18.1. The Morgan fingerprint density at radius 1 is 1.08 bits per heavy atom. The summed E-state index contributed by atoms with van der Waals surface area (Å²) in [5, 5.41) is 24.1. The topological polar surface area (TPSA) is 72.8 Å². The van der Waals surface area contributed by atoms with Crippen LogP contribution in [-0.4, -0.2) is 45.7 Å². The molecule has 4 atom stereocenters. The Labute approximate surface area is 154 Å². The Bertz CT molecular complexity index is 688. The summed E-state index contributed by atoms with van der Waals surface area (Å²) in [5.41, 5.74) is 1.26. The Morgan fingerprint density at radius 2 is 1.85 bits per heavy atom. The van der Waals surface area contributed by atoms with Crippen LogP contribution in [0.2, 0.25) is 0 Å². The third kappa shape index (κ3) is 3.09. The number of hydrogen-bond donors (Lipinski definition) is 3. The molecular formula is C21H28N2O3. The maximum absolute atomic E-state index is 13.0. The Kier molecular flexibility index (Phi) is 4.90. The molecule has 5 nitrogen and oxygen atoms in total. The highest BCUT2D eigenvalue weighted by Gasteiger charge is 2.52. The molecule has 1 aromatic rings. The van der Waals surface area contributed by atoms with Gasteiger partial charge in [0, 0.05) is 6.04 Å². The molecule has 140 valence electrons. The standard InChI is InChI=1S/C21H28N2O3/c24-19-17-13-15-10-4-5-11-16(15)23(17)21(26)18(20(19)25)22-12-6-9-14-7-2-1-3-8-14/h1-3,7-8,15-18,22,24-25H,4-6,9-13H2/t15-,16+,17+,18+/m1/s1. The van der Waals surface area contributed by atoms with Crippen molar-refractivity contribution in [3.05, 3.63) is 47.4 Å². The van der Waals surface area contributed by atoms with Gasteiger partial charge in [-0.15, -0.1) is 0 Å². The second-order valence-electron chi connectivity index (χ2n) is 7.86. The number of hydrogen-bond acceptors (Lipinski definition) is 4. The predicted molar refractivity (Wildman–Crippen MR) is 99.8 cm³/mol. The number of carbonyl (C=O) groups excluding carboxylic acids is 1. The maximum Gasteiger partial charge on any atom is 0.248 e. The van der Waals surface area contributed by atoms with Gasteiger partial charge in [0.1, 0.15) is 6.04 Å². The van der Waals surface area contributed by atoms with E-state index in [1.165, 1.54) is 12.0 Å². The lowest BCUT2D eigenvalue weighted by Crippen LogP contribution is -2.57. The van der Waals surface area contributed by atoms with E-state index in [2.05, 4.69) is 17.4 Å². The number of aliphatic hydroxyl groups is 2. The quantitative estimate of drug-likeness (QED) is 0.709. The fourth-order valence-electron chi connectivity index (χ4n) is 4.97. The first-order valence-corrected chi connectivity index (χ1v) is 9.88. The number of fused-ring (bicyclic) bond motifs is 3. The lowest BCUT2D eigenvalue weighted by molar-refractivity contribution is -0.138. The first-order chi connectivity index (χ1) is 12.7. The minimum Gasteiger partial charge on any atom is -0.507 e. The zero-order valence-corrected chi connectivity index (χ0v) is 15.1. The molecule has 2 fully saturated rings. The molecule has 1 aliphatic carbocycles. The molecular weight excluding hydrogens is 328 g/mol. The number of aliphatic hydroxyl groups excluding tert-OH is 2. The summed E-state index contributed by atoms with van der Waals surface area (Å²) in [6, 6.07) is 9.33. The normalized spacial score (nSPS) is 31.1. The van der Waals surface area contributed by atoms with Gasteiger partial charge in [-0.3, -0.25) is 10.1 Å². The second kappa shape index (κ2) is 7.31. The fraction of sp³-hybridized carbons (Fsp3) is 0.571. The van der Waals surface area contributed by atoms with Crippen LogP contribution in [0.15, 0.2) is 41.9 Å². The third-order valence-electron chi connectivity index (χ3n) is 6.27. The average molecular weight is 356 g/mol. The molecule has 0 unspecified atom stereocenters. The lowest BCUT2D eigenvalue weighted by atomic mass is 9.85. The van der Waals surface area contributed by atoms with Gasteiger partial charge >= 0.3 is 0 Å². The van der Waals surface area contributed by atoms with E-state index in [9.17, 15) is 15.0 Å². The van der Waals surface area contributed by atoms with Crippen LogP contribution in [0.4, 0.5) is 0 Å². The van der Waals surface area contributed by atoms with Crippen molar-refractivity contribution in [3.63, 3.8) is 0 Å². The fourth-order valence-corrected chi connectivity index (χ4v) is 4.97. The molecule has 5 heteroatoms. The highest BCUT2D eigenvalue weighted by Crippen LogP contribution is 2.44. The van der Waals surface area contributed by atoms with E-state index in [4.69, 9.17) is 0 Å². The van der Waals surface area contributed by atoms with Crippen molar-refractivity contribution in [2.75, 3.05) is 6.54 Å². The van der Waals surface area contributed by atoms with Gasteiger partial charge in [0.15, 0.2) is 11.5 Å². The van der Waals surface area contributed by atoms with Crippen molar-refractivity contribution in [1.82, 2.24) is 10.2 Å². The van der Waals surface area contributed by atoms with Crippen LogP contribution < -0.4 is 5.32 Å². The predicted octanol–water partition coefficient (Wildman–Crippen LogP) is 3.08. The van der Waals surface area contributed by atoms with Crippen molar-refractivity contribution in [1.29, 1.82) is 0 Å². The lowest BCUT2D eigenvalue weighted by Gasteiger charge is -2.39. The Hall–Kier alpha value is -2.01. The van der Waals surface area contributed by atoms with Gasteiger partial charge in [0.25, 0.3) is 0 Å². The largest absolute Gasteiger partial charge is 0.507 e. The molecule has 2 aliphatic heterocycles. The second-order valence-corrected chi connectivity index (χ2v) is 7.86. The Morgan fingerprint density at radius 3 is 2.65 bits per heavy atom. The number of benzene rings is 1. The van der Waals surface area contributed by atoms with Crippen molar-refractivity contribution < 1.29 is 15.0 Å². The van der Waals surface area contributed by atoms with Crippen LogP contribution in [0.25, 0.3) is 0 Å². The molecule has 3 N–H and O–H groups in total. The van der Waals surface area contributed by atoms with E-state index >= 15 is 0 Å².